The number of benzene rings is 12. The van der Waals surface area contributed by atoms with Gasteiger partial charge in [-0.25, -0.2) is 0 Å². The van der Waals surface area contributed by atoms with Gasteiger partial charge in [0.1, 0.15) is 58.0 Å². The second-order valence-corrected chi connectivity index (χ2v) is 26.9. The average molecular weight is 1360 g/mol. The van der Waals surface area contributed by atoms with Gasteiger partial charge < -0.3 is 45.6 Å². The standard InChI is InChI=1S/C27H22O2.C22H22O3.C22H20O3.C19H18O2S/c1-17-11-13-25(28)21(15-17)22-16-18(12-14-26(22)29)27(2)23-9-5-3-7-19(23)20-8-4-6-10-24(20)27;1-14-4-10-21(23)19(12-14)20-13-17(7-11-22(20)24)15(2)16-5-8-18(25-3)9-6-16;1-14-3-9-21(24)19(11-14)20-12-18(8-10-22(20)25)15(2)17-6-4-16(13-23)5-7-17;1-12-3-5-18(20)16(9-12)17-10-14(4-6-19(17)21)13(2)15-7-8-22-11-15/h3-16,28-29H,1-2H3;4-13,15,23-24H,1-3H3;3-13,15,24-25H,1-2H3;3-11,13,20-21H,1-2H3. The number of thiophene rings is 1. The molecule has 0 bridgehead atoms. The van der Waals surface area contributed by atoms with Crippen LogP contribution in [0.15, 0.2) is 259 Å². The Bertz CT molecular complexity index is 5070. The van der Waals surface area contributed by atoms with E-state index >= 15 is 0 Å². The molecule has 0 spiro atoms. The molecule has 101 heavy (non-hydrogen) atoms. The summed E-state index contributed by atoms with van der Waals surface area (Å²) in [5.74, 6) is 2.60. The van der Waals surface area contributed by atoms with Gasteiger partial charge in [-0.2, -0.15) is 11.3 Å². The number of aldehydes is 1. The number of carbonyl (C=O) groups excluding carboxylic acids is 1. The smallest absolute Gasteiger partial charge is 0.150 e. The SMILES string of the molecule is COc1ccc(C(C)c2ccc(O)c(-c3cc(C)ccc3O)c2)cc1.Cc1ccc(O)c(-c2cc(C(C)c3ccc(C=O)cc3)ccc2O)c1.Cc1ccc(O)c(-c2cc(C(C)c3ccsc3)ccc2O)c1.Cc1ccc(O)c(-c2cc(C3(C)c4ccccc4-c4ccccc43)ccc2O)c1. The molecular weight excluding hydrogens is 1270 g/mol. The Hall–Kier alpha value is -11.8. The van der Waals surface area contributed by atoms with Crippen molar-refractivity contribution in [1.29, 1.82) is 0 Å². The normalized spacial score (nSPS) is 12.5. The number of phenolic OH excluding ortho intramolecular Hbond substituents is 8. The van der Waals surface area contributed by atoms with Crippen molar-refractivity contribution in [1.82, 2.24) is 0 Å². The highest BCUT2D eigenvalue weighted by Crippen LogP contribution is 2.54. The molecule has 0 saturated carbocycles. The lowest BCUT2D eigenvalue weighted by Crippen LogP contribution is -2.22. The third-order valence-electron chi connectivity index (χ3n) is 19.4. The Morgan fingerprint density at radius 1 is 0.337 bits per heavy atom. The highest BCUT2D eigenvalue weighted by molar-refractivity contribution is 7.08. The van der Waals surface area contributed by atoms with Crippen LogP contribution in [-0.2, 0) is 5.41 Å². The van der Waals surface area contributed by atoms with E-state index in [1.807, 2.05) is 161 Å². The summed E-state index contributed by atoms with van der Waals surface area (Å²) in [7, 11) is 1.65. The van der Waals surface area contributed by atoms with E-state index in [9.17, 15) is 45.6 Å². The Labute approximate surface area is 595 Å². The minimum absolute atomic E-state index is 0.0898. The molecule has 11 heteroatoms. The van der Waals surface area contributed by atoms with Crippen LogP contribution in [0.3, 0.4) is 0 Å². The molecule has 0 amide bonds. The first kappa shape index (κ1) is 70.5. The van der Waals surface area contributed by atoms with Gasteiger partial charge in [0.05, 0.1) is 7.11 Å². The quantitative estimate of drug-likeness (QED) is 0.0516. The van der Waals surface area contributed by atoms with Crippen molar-refractivity contribution >= 4 is 17.6 Å². The van der Waals surface area contributed by atoms with E-state index in [4.69, 9.17) is 4.74 Å². The van der Waals surface area contributed by atoms with E-state index in [0.29, 0.717) is 50.1 Å². The van der Waals surface area contributed by atoms with Crippen LogP contribution < -0.4 is 4.74 Å². The van der Waals surface area contributed by atoms with E-state index in [1.54, 1.807) is 79.1 Å². The predicted octanol–water partition coefficient (Wildman–Crippen LogP) is 22.0. The van der Waals surface area contributed by atoms with Crippen molar-refractivity contribution in [3.63, 3.8) is 0 Å². The lowest BCUT2D eigenvalue weighted by molar-refractivity contribution is 0.112. The van der Waals surface area contributed by atoms with E-state index in [2.05, 4.69) is 93.1 Å². The van der Waals surface area contributed by atoms with Crippen LogP contribution in [0.5, 0.6) is 51.7 Å². The molecule has 0 radical (unpaired) electrons. The van der Waals surface area contributed by atoms with Crippen molar-refractivity contribution in [2.75, 3.05) is 7.11 Å². The minimum atomic E-state index is -0.338. The van der Waals surface area contributed by atoms with Gasteiger partial charge in [-0.1, -0.05) is 176 Å². The maximum atomic E-state index is 10.8. The van der Waals surface area contributed by atoms with Gasteiger partial charge in [-0.3, -0.25) is 4.79 Å². The fourth-order valence-corrected chi connectivity index (χ4v) is 14.0. The van der Waals surface area contributed by atoms with Gasteiger partial charge in [0.25, 0.3) is 0 Å². The molecule has 0 saturated heterocycles. The van der Waals surface area contributed by atoms with Gasteiger partial charge in [0.2, 0.25) is 0 Å². The summed E-state index contributed by atoms with van der Waals surface area (Å²) in [5.41, 5.74) is 22.3. The van der Waals surface area contributed by atoms with E-state index < -0.39 is 0 Å². The second-order valence-electron chi connectivity index (χ2n) is 26.1. The van der Waals surface area contributed by atoms with E-state index in [-0.39, 0.29) is 69.2 Å². The van der Waals surface area contributed by atoms with Crippen LogP contribution in [0, 0.1) is 27.7 Å². The maximum Gasteiger partial charge on any atom is 0.150 e. The lowest BCUT2D eigenvalue weighted by Gasteiger charge is -2.29. The first-order valence-corrected chi connectivity index (χ1v) is 34.4. The fraction of sp³-hybridized carbons (Fsp3) is 0.144. The topological polar surface area (TPSA) is 188 Å². The first-order chi connectivity index (χ1) is 48.5. The van der Waals surface area contributed by atoms with Crippen molar-refractivity contribution in [3.8, 4) is 107 Å². The summed E-state index contributed by atoms with van der Waals surface area (Å²) in [6.45, 7) is 16.4. The first-order valence-electron chi connectivity index (χ1n) is 33.5. The third kappa shape index (κ3) is 15.3. The monoisotopic (exact) mass is 1350 g/mol. The molecule has 3 atom stereocenters. The minimum Gasteiger partial charge on any atom is -0.507 e. The molecule has 0 aliphatic heterocycles. The van der Waals surface area contributed by atoms with Gasteiger partial charge in [0, 0.05) is 73.2 Å². The molecule has 508 valence electrons. The summed E-state index contributed by atoms with van der Waals surface area (Å²) >= 11 is 1.68. The molecule has 3 unspecified atom stereocenters. The van der Waals surface area contributed by atoms with Crippen LogP contribution in [0.1, 0.15) is 128 Å². The van der Waals surface area contributed by atoms with Gasteiger partial charge in [-0.05, 0) is 222 Å². The van der Waals surface area contributed by atoms with E-state index in [0.717, 1.165) is 67.7 Å². The summed E-state index contributed by atoms with van der Waals surface area (Å²) in [6.07, 6.45) is 0.827. The summed E-state index contributed by atoms with van der Waals surface area (Å²) in [4.78, 5) is 10.8. The second kappa shape index (κ2) is 30.5. The molecule has 13 aromatic rings. The zero-order valence-electron chi connectivity index (χ0n) is 57.9. The molecular formula is C90H82O10S. The molecule has 0 fully saturated rings. The number of hydrogen-bond acceptors (Lipinski definition) is 11. The number of aromatic hydroxyl groups is 8. The number of ether oxygens (including phenoxy) is 1. The summed E-state index contributed by atoms with van der Waals surface area (Å²) in [6, 6.07) is 78.5. The highest BCUT2D eigenvalue weighted by atomic mass is 32.1. The number of methoxy groups -OCH3 is 1. The largest absolute Gasteiger partial charge is 0.507 e. The zero-order valence-corrected chi connectivity index (χ0v) is 58.8. The van der Waals surface area contributed by atoms with Crippen LogP contribution in [0.4, 0.5) is 0 Å². The van der Waals surface area contributed by atoms with Gasteiger partial charge in [0.15, 0.2) is 0 Å². The van der Waals surface area contributed by atoms with Crippen molar-refractivity contribution in [2.45, 2.75) is 78.6 Å². The lowest BCUT2D eigenvalue weighted by atomic mass is 9.73. The number of phenols is 8. The van der Waals surface area contributed by atoms with E-state index in [1.165, 1.54) is 27.8 Å². The van der Waals surface area contributed by atoms with Crippen molar-refractivity contribution in [3.05, 3.63) is 337 Å². The average Bonchev–Trinajstić information content (AvgIpc) is 1.58. The molecule has 12 aromatic carbocycles. The molecule has 8 N–H and O–H groups in total. The molecule has 10 nitrogen and oxygen atoms in total. The Morgan fingerprint density at radius 3 is 0.990 bits per heavy atom. The Kier molecular flexibility index (Phi) is 21.3. The van der Waals surface area contributed by atoms with Crippen LogP contribution in [-0.4, -0.2) is 54.2 Å². The molecule has 1 aliphatic rings. The van der Waals surface area contributed by atoms with Gasteiger partial charge >= 0.3 is 0 Å². The fourth-order valence-electron chi connectivity index (χ4n) is 13.3. The highest BCUT2D eigenvalue weighted by Gasteiger charge is 2.41. The number of rotatable bonds is 13. The molecule has 1 heterocycles. The zero-order chi connectivity index (χ0) is 71.8. The number of fused-ring (bicyclic) bond motifs is 3. The number of hydrogen-bond donors (Lipinski definition) is 8. The number of carbonyl (C=O) groups is 1. The predicted molar refractivity (Wildman–Crippen MR) is 409 cm³/mol. The van der Waals surface area contributed by atoms with Crippen molar-refractivity contribution in [2.24, 2.45) is 0 Å². The summed E-state index contributed by atoms with van der Waals surface area (Å²) < 4.78 is 5.21. The molecule has 14 rings (SSSR count). The van der Waals surface area contributed by atoms with Crippen molar-refractivity contribution < 1.29 is 50.4 Å². The maximum absolute atomic E-state index is 10.8. The Balaban J connectivity index is 0.000000136. The molecule has 1 aromatic heterocycles. The number of aryl methyl sites for hydroxylation is 4. The van der Waals surface area contributed by atoms with Gasteiger partial charge in [-0.15, -0.1) is 0 Å². The summed E-state index contributed by atoms with van der Waals surface area (Å²) in [5, 5.41) is 86.5. The van der Waals surface area contributed by atoms with Crippen LogP contribution in [0.2, 0.25) is 0 Å². The van der Waals surface area contributed by atoms with Crippen LogP contribution >= 0.6 is 11.3 Å². The molecule has 1 aliphatic carbocycles. The van der Waals surface area contributed by atoms with Crippen LogP contribution in [0.25, 0.3) is 55.6 Å². The Morgan fingerprint density at radius 2 is 0.644 bits per heavy atom. The third-order valence-corrected chi connectivity index (χ3v) is 20.1.